The average molecular weight is 205 g/mol. The van der Waals surface area contributed by atoms with E-state index in [0.29, 0.717) is 18.8 Å². The van der Waals surface area contributed by atoms with Gasteiger partial charge in [0.2, 0.25) is 0 Å². The molecule has 2 N–H and O–H groups in total. The van der Waals surface area contributed by atoms with E-state index in [9.17, 15) is 4.39 Å². The molecule has 1 heterocycles. The zero-order valence-electron chi connectivity index (χ0n) is 8.50. The maximum Gasteiger partial charge on any atom is 0.126 e. The Bertz CT molecular complexity index is 496. The number of halogens is 1. The number of fused-ring (bicyclic) bond motifs is 1. The third-order valence-corrected chi connectivity index (χ3v) is 2.23. The summed E-state index contributed by atoms with van der Waals surface area (Å²) in [4.78, 5) is 8.52. The van der Waals surface area contributed by atoms with Crippen LogP contribution in [0.25, 0.3) is 10.9 Å². The lowest BCUT2D eigenvalue weighted by molar-refractivity contribution is 0.629. The lowest BCUT2D eigenvalue weighted by Crippen LogP contribution is -2.06. The van der Waals surface area contributed by atoms with Crippen molar-refractivity contribution in [2.45, 2.75) is 13.3 Å². The minimum absolute atomic E-state index is 0.270. The Morgan fingerprint density at radius 2 is 2.13 bits per heavy atom. The van der Waals surface area contributed by atoms with Crippen LogP contribution in [0.2, 0.25) is 0 Å². The van der Waals surface area contributed by atoms with Gasteiger partial charge in [0.05, 0.1) is 11.2 Å². The van der Waals surface area contributed by atoms with Gasteiger partial charge in [-0.05, 0) is 31.7 Å². The van der Waals surface area contributed by atoms with E-state index >= 15 is 0 Å². The fourth-order valence-corrected chi connectivity index (χ4v) is 1.62. The van der Waals surface area contributed by atoms with E-state index in [-0.39, 0.29) is 5.82 Å². The van der Waals surface area contributed by atoms with E-state index in [4.69, 9.17) is 5.73 Å². The highest BCUT2D eigenvalue weighted by Gasteiger charge is 2.05. The SMILES string of the molecule is Cc1nc(CCN)c2cc(F)ccc2n1. The van der Waals surface area contributed by atoms with Gasteiger partial charge in [-0.15, -0.1) is 0 Å². The fourth-order valence-electron chi connectivity index (χ4n) is 1.62. The Labute approximate surface area is 87.2 Å². The summed E-state index contributed by atoms with van der Waals surface area (Å²) in [6, 6.07) is 4.53. The van der Waals surface area contributed by atoms with E-state index in [2.05, 4.69) is 9.97 Å². The van der Waals surface area contributed by atoms with Gasteiger partial charge in [0.15, 0.2) is 0 Å². The van der Waals surface area contributed by atoms with Gasteiger partial charge in [0, 0.05) is 11.8 Å². The third-order valence-electron chi connectivity index (χ3n) is 2.23. The predicted molar refractivity (Wildman–Crippen MR) is 57.0 cm³/mol. The first kappa shape index (κ1) is 9.98. The van der Waals surface area contributed by atoms with Crippen LogP contribution in [0.15, 0.2) is 18.2 Å². The summed E-state index contributed by atoms with van der Waals surface area (Å²) in [6.07, 6.45) is 0.642. The molecule has 0 amide bonds. The van der Waals surface area contributed by atoms with Crippen molar-refractivity contribution in [2.75, 3.05) is 6.54 Å². The Balaban J connectivity index is 2.70. The number of hydrogen-bond donors (Lipinski definition) is 1. The maximum atomic E-state index is 13.1. The van der Waals surface area contributed by atoms with Crippen LogP contribution in [0.4, 0.5) is 4.39 Å². The molecule has 0 atom stereocenters. The molecule has 0 radical (unpaired) electrons. The van der Waals surface area contributed by atoms with E-state index in [1.165, 1.54) is 12.1 Å². The van der Waals surface area contributed by atoms with Crippen molar-refractivity contribution in [3.05, 3.63) is 35.5 Å². The first-order chi connectivity index (χ1) is 7.20. The van der Waals surface area contributed by atoms with Crippen LogP contribution in [0.5, 0.6) is 0 Å². The number of rotatable bonds is 2. The quantitative estimate of drug-likeness (QED) is 0.809. The predicted octanol–water partition coefficient (Wildman–Crippen LogP) is 1.58. The molecule has 0 unspecified atom stereocenters. The van der Waals surface area contributed by atoms with Gasteiger partial charge in [-0.25, -0.2) is 14.4 Å². The molecule has 0 aliphatic rings. The van der Waals surface area contributed by atoms with E-state index in [0.717, 1.165) is 16.6 Å². The molecule has 0 aliphatic carbocycles. The monoisotopic (exact) mass is 205 g/mol. The van der Waals surface area contributed by atoms with Crippen molar-refractivity contribution in [1.82, 2.24) is 9.97 Å². The van der Waals surface area contributed by atoms with Crippen LogP contribution in [-0.2, 0) is 6.42 Å². The second-order valence-electron chi connectivity index (χ2n) is 3.42. The molecule has 0 aliphatic heterocycles. The Morgan fingerprint density at radius 1 is 1.33 bits per heavy atom. The van der Waals surface area contributed by atoms with Crippen molar-refractivity contribution in [3.8, 4) is 0 Å². The normalized spacial score (nSPS) is 10.9. The van der Waals surface area contributed by atoms with Crippen LogP contribution < -0.4 is 5.73 Å². The molecule has 15 heavy (non-hydrogen) atoms. The number of nitrogens with zero attached hydrogens (tertiary/aromatic N) is 2. The van der Waals surface area contributed by atoms with Gasteiger partial charge in [-0.2, -0.15) is 0 Å². The molecule has 2 rings (SSSR count). The highest BCUT2D eigenvalue weighted by molar-refractivity contribution is 5.80. The van der Waals surface area contributed by atoms with Crippen LogP contribution >= 0.6 is 0 Å². The zero-order valence-corrected chi connectivity index (χ0v) is 8.50. The van der Waals surface area contributed by atoms with Gasteiger partial charge in [0.1, 0.15) is 11.6 Å². The molecule has 0 saturated carbocycles. The highest BCUT2D eigenvalue weighted by atomic mass is 19.1. The standard InChI is InChI=1S/C11H12FN3/c1-7-14-10-3-2-8(12)6-9(10)11(15-7)4-5-13/h2-3,6H,4-5,13H2,1H3. The second-order valence-corrected chi connectivity index (χ2v) is 3.42. The molecule has 4 heteroatoms. The summed E-state index contributed by atoms with van der Waals surface area (Å²) in [5.41, 5.74) is 7.08. The molecule has 3 nitrogen and oxygen atoms in total. The van der Waals surface area contributed by atoms with Crippen LogP contribution in [0.3, 0.4) is 0 Å². The first-order valence-corrected chi connectivity index (χ1v) is 4.83. The minimum Gasteiger partial charge on any atom is -0.330 e. The summed E-state index contributed by atoms with van der Waals surface area (Å²) in [5.74, 6) is 0.422. The molecule has 0 spiro atoms. The van der Waals surface area contributed by atoms with Crippen molar-refractivity contribution in [3.63, 3.8) is 0 Å². The molecule has 0 fully saturated rings. The van der Waals surface area contributed by atoms with E-state index in [1.54, 1.807) is 6.07 Å². The summed E-state index contributed by atoms with van der Waals surface area (Å²) in [5, 5.41) is 0.756. The average Bonchev–Trinajstić information content (AvgIpc) is 2.19. The van der Waals surface area contributed by atoms with E-state index < -0.39 is 0 Å². The van der Waals surface area contributed by atoms with Crippen LogP contribution in [0.1, 0.15) is 11.5 Å². The number of nitrogens with two attached hydrogens (primary N) is 1. The van der Waals surface area contributed by atoms with Gasteiger partial charge in [-0.1, -0.05) is 0 Å². The smallest absolute Gasteiger partial charge is 0.126 e. The topological polar surface area (TPSA) is 51.8 Å². The maximum absolute atomic E-state index is 13.1. The largest absolute Gasteiger partial charge is 0.330 e. The van der Waals surface area contributed by atoms with Gasteiger partial charge >= 0.3 is 0 Å². The molecule has 2 aromatic rings. The summed E-state index contributed by atoms with van der Waals surface area (Å²) >= 11 is 0. The van der Waals surface area contributed by atoms with Gasteiger partial charge in [0.25, 0.3) is 0 Å². The van der Waals surface area contributed by atoms with Crippen molar-refractivity contribution in [2.24, 2.45) is 5.73 Å². The minimum atomic E-state index is -0.270. The van der Waals surface area contributed by atoms with Crippen molar-refractivity contribution >= 4 is 10.9 Å². The summed E-state index contributed by atoms with van der Waals surface area (Å²) < 4.78 is 13.1. The number of benzene rings is 1. The van der Waals surface area contributed by atoms with Crippen LogP contribution in [-0.4, -0.2) is 16.5 Å². The Hall–Kier alpha value is -1.55. The molecule has 0 bridgehead atoms. The summed E-state index contributed by atoms with van der Waals surface area (Å²) in [7, 11) is 0. The first-order valence-electron chi connectivity index (χ1n) is 4.83. The lowest BCUT2D eigenvalue weighted by atomic mass is 10.1. The molecule has 1 aromatic carbocycles. The van der Waals surface area contributed by atoms with E-state index in [1.807, 2.05) is 6.92 Å². The molecule has 78 valence electrons. The molecule has 1 aromatic heterocycles. The van der Waals surface area contributed by atoms with Crippen LogP contribution in [0, 0.1) is 12.7 Å². The Morgan fingerprint density at radius 3 is 2.87 bits per heavy atom. The summed E-state index contributed by atoms with van der Waals surface area (Å²) in [6.45, 7) is 2.32. The second kappa shape index (κ2) is 3.90. The molecular formula is C11H12FN3. The highest BCUT2D eigenvalue weighted by Crippen LogP contribution is 2.17. The number of aromatic nitrogens is 2. The molecular weight excluding hydrogens is 193 g/mol. The van der Waals surface area contributed by atoms with Gasteiger partial charge in [-0.3, -0.25) is 0 Å². The Kier molecular flexibility index (Phi) is 2.60. The number of aryl methyl sites for hydroxylation is 1. The lowest BCUT2D eigenvalue weighted by Gasteiger charge is -2.05. The number of hydrogen-bond acceptors (Lipinski definition) is 3. The van der Waals surface area contributed by atoms with Crippen molar-refractivity contribution in [1.29, 1.82) is 0 Å². The van der Waals surface area contributed by atoms with Gasteiger partial charge < -0.3 is 5.73 Å². The van der Waals surface area contributed by atoms with Crippen molar-refractivity contribution < 1.29 is 4.39 Å². The fraction of sp³-hybridized carbons (Fsp3) is 0.273. The third kappa shape index (κ3) is 1.94. The molecule has 0 saturated heterocycles. The zero-order chi connectivity index (χ0) is 10.8.